The molecule has 0 saturated heterocycles. The van der Waals surface area contributed by atoms with Gasteiger partial charge in [0.2, 0.25) is 0 Å². The van der Waals surface area contributed by atoms with Gasteiger partial charge < -0.3 is 9.73 Å². The van der Waals surface area contributed by atoms with E-state index in [-0.39, 0.29) is 5.82 Å². The van der Waals surface area contributed by atoms with E-state index in [0.29, 0.717) is 23.9 Å². The highest BCUT2D eigenvalue weighted by molar-refractivity contribution is 5.60. The van der Waals surface area contributed by atoms with Crippen LogP contribution in [0.15, 0.2) is 29.0 Å². The van der Waals surface area contributed by atoms with Crippen molar-refractivity contribution >= 4 is 0 Å². The van der Waals surface area contributed by atoms with Gasteiger partial charge >= 0.3 is 0 Å². The van der Waals surface area contributed by atoms with E-state index in [1.165, 1.54) is 25.3 Å². The van der Waals surface area contributed by atoms with Gasteiger partial charge in [-0.25, -0.2) is 9.37 Å². The zero-order valence-electron chi connectivity index (χ0n) is 10.2. The molecule has 4 heteroatoms. The number of oxazole rings is 1. The van der Waals surface area contributed by atoms with Crippen LogP contribution in [0.5, 0.6) is 0 Å². The number of benzene rings is 1. The molecule has 3 nitrogen and oxygen atoms in total. The molecule has 1 aliphatic carbocycles. The summed E-state index contributed by atoms with van der Waals surface area (Å²) in [6, 6.07) is 5.72. The third kappa shape index (κ3) is 2.29. The van der Waals surface area contributed by atoms with Crippen LogP contribution in [0.4, 0.5) is 4.39 Å². The summed E-state index contributed by atoms with van der Waals surface area (Å²) in [7, 11) is 0. The minimum atomic E-state index is -0.264. The molecule has 0 radical (unpaired) electrons. The quantitative estimate of drug-likeness (QED) is 0.901. The summed E-state index contributed by atoms with van der Waals surface area (Å²) in [4.78, 5) is 4.16. The number of rotatable bonds is 4. The zero-order chi connectivity index (χ0) is 12.5. The average Bonchev–Trinajstić information content (AvgIpc) is 3.06. The molecule has 1 fully saturated rings. The summed E-state index contributed by atoms with van der Waals surface area (Å²) in [5.41, 5.74) is 2.14. The number of halogens is 1. The van der Waals surface area contributed by atoms with E-state index < -0.39 is 0 Å². The van der Waals surface area contributed by atoms with Crippen molar-refractivity contribution in [2.45, 2.75) is 32.4 Å². The van der Waals surface area contributed by atoms with Gasteiger partial charge in [-0.3, -0.25) is 0 Å². The maximum absolute atomic E-state index is 13.9. The summed E-state index contributed by atoms with van der Waals surface area (Å²) >= 11 is 0. The van der Waals surface area contributed by atoms with E-state index >= 15 is 0 Å². The van der Waals surface area contributed by atoms with Gasteiger partial charge in [0.15, 0.2) is 12.2 Å². The number of nitrogens with one attached hydrogen (secondary N) is 1. The molecule has 0 amide bonds. The van der Waals surface area contributed by atoms with Gasteiger partial charge in [0.1, 0.15) is 11.5 Å². The number of hydrogen-bond donors (Lipinski definition) is 1. The Balaban J connectivity index is 1.88. The fraction of sp³-hybridized carbons (Fsp3) is 0.357. The first-order valence-electron chi connectivity index (χ1n) is 6.16. The Morgan fingerprint density at radius 2 is 2.28 bits per heavy atom. The standard InChI is InChI=1S/C14H15FN2O/c1-9-2-5-11(12(15)6-9)14-13(17-8-18-14)7-16-10-3-4-10/h2,5-6,8,10,16H,3-4,7H2,1H3. The molecule has 1 aromatic carbocycles. The second-order valence-corrected chi connectivity index (χ2v) is 4.77. The minimum Gasteiger partial charge on any atom is -0.443 e. The molecule has 1 N–H and O–H groups in total. The van der Waals surface area contributed by atoms with Crippen molar-refractivity contribution in [3.05, 3.63) is 41.7 Å². The molecule has 0 bridgehead atoms. The van der Waals surface area contributed by atoms with Crippen LogP contribution in [0.25, 0.3) is 11.3 Å². The Morgan fingerprint density at radius 1 is 1.44 bits per heavy atom. The highest BCUT2D eigenvalue weighted by atomic mass is 19.1. The SMILES string of the molecule is Cc1ccc(-c2ocnc2CNC2CC2)c(F)c1. The van der Waals surface area contributed by atoms with Gasteiger partial charge in [0, 0.05) is 12.6 Å². The van der Waals surface area contributed by atoms with Crippen molar-refractivity contribution in [1.29, 1.82) is 0 Å². The van der Waals surface area contributed by atoms with Crippen LogP contribution in [-0.2, 0) is 6.54 Å². The number of aromatic nitrogens is 1. The first-order chi connectivity index (χ1) is 8.74. The minimum absolute atomic E-state index is 0.264. The molecule has 2 aromatic rings. The van der Waals surface area contributed by atoms with Crippen LogP contribution >= 0.6 is 0 Å². The lowest BCUT2D eigenvalue weighted by atomic mass is 10.1. The van der Waals surface area contributed by atoms with Crippen LogP contribution < -0.4 is 5.32 Å². The maximum atomic E-state index is 13.9. The fourth-order valence-electron chi connectivity index (χ4n) is 1.95. The van der Waals surface area contributed by atoms with Gasteiger partial charge in [-0.15, -0.1) is 0 Å². The van der Waals surface area contributed by atoms with Gasteiger partial charge in [-0.2, -0.15) is 0 Å². The van der Waals surface area contributed by atoms with Crippen molar-refractivity contribution in [2.75, 3.05) is 0 Å². The van der Waals surface area contributed by atoms with Crippen LogP contribution in [0.2, 0.25) is 0 Å². The van der Waals surface area contributed by atoms with E-state index in [0.717, 1.165) is 11.3 Å². The second kappa shape index (κ2) is 4.53. The molecule has 0 spiro atoms. The van der Waals surface area contributed by atoms with Crippen molar-refractivity contribution < 1.29 is 8.81 Å². The Bertz CT molecular complexity index is 561. The van der Waals surface area contributed by atoms with Crippen molar-refractivity contribution in [3.63, 3.8) is 0 Å². The third-order valence-electron chi connectivity index (χ3n) is 3.15. The summed E-state index contributed by atoms with van der Waals surface area (Å²) in [6.07, 6.45) is 3.80. The van der Waals surface area contributed by atoms with Crippen molar-refractivity contribution in [2.24, 2.45) is 0 Å². The lowest BCUT2D eigenvalue weighted by Crippen LogP contribution is -2.16. The van der Waals surface area contributed by atoms with Gasteiger partial charge in [-0.1, -0.05) is 6.07 Å². The Morgan fingerprint density at radius 3 is 3.00 bits per heavy atom. The monoisotopic (exact) mass is 246 g/mol. The summed E-state index contributed by atoms with van der Waals surface area (Å²) < 4.78 is 19.2. The highest BCUT2D eigenvalue weighted by Crippen LogP contribution is 2.27. The van der Waals surface area contributed by atoms with E-state index in [1.807, 2.05) is 13.0 Å². The lowest BCUT2D eigenvalue weighted by molar-refractivity contribution is 0.558. The second-order valence-electron chi connectivity index (χ2n) is 4.77. The molecule has 1 aliphatic rings. The molecule has 1 aromatic heterocycles. The van der Waals surface area contributed by atoms with E-state index in [2.05, 4.69) is 10.3 Å². The van der Waals surface area contributed by atoms with Crippen LogP contribution in [0.3, 0.4) is 0 Å². The van der Waals surface area contributed by atoms with Crippen molar-refractivity contribution in [1.82, 2.24) is 10.3 Å². The molecule has 18 heavy (non-hydrogen) atoms. The molecular formula is C14H15FN2O. The summed E-state index contributed by atoms with van der Waals surface area (Å²) in [5.74, 6) is 0.264. The molecule has 1 saturated carbocycles. The Hall–Kier alpha value is -1.68. The van der Waals surface area contributed by atoms with Crippen molar-refractivity contribution in [3.8, 4) is 11.3 Å². The van der Waals surface area contributed by atoms with Gasteiger partial charge in [0.25, 0.3) is 0 Å². The lowest BCUT2D eigenvalue weighted by Gasteiger charge is -2.04. The van der Waals surface area contributed by atoms with E-state index in [4.69, 9.17) is 4.42 Å². The largest absolute Gasteiger partial charge is 0.443 e. The van der Waals surface area contributed by atoms with Gasteiger partial charge in [-0.05, 0) is 37.5 Å². The number of aryl methyl sites for hydroxylation is 1. The predicted molar refractivity (Wildman–Crippen MR) is 66.5 cm³/mol. The predicted octanol–water partition coefficient (Wildman–Crippen LogP) is 3.04. The molecule has 0 unspecified atom stereocenters. The fourth-order valence-corrected chi connectivity index (χ4v) is 1.95. The highest BCUT2D eigenvalue weighted by Gasteiger charge is 2.22. The van der Waals surface area contributed by atoms with E-state index in [1.54, 1.807) is 6.07 Å². The molecule has 94 valence electrons. The molecule has 0 aliphatic heterocycles. The summed E-state index contributed by atoms with van der Waals surface area (Å²) in [6.45, 7) is 2.49. The molecular weight excluding hydrogens is 231 g/mol. The first-order valence-corrected chi connectivity index (χ1v) is 6.16. The topological polar surface area (TPSA) is 38.1 Å². The molecule has 3 rings (SSSR count). The molecule has 0 atom stereocenters. The number of hydrogen-bond acceptors (Lipinski definition) is 3. The smallest absolute Gasteiger partial charge is 0.181 e. The normalized spacial score (nSPS) is 15.0. The third-order valence-corrected chi connectivity index (χ3v) is 3.15. The van der Waals surface area contributed by atoms with Crippen LogP contribution in [-0.4, -0.2) is 11.0 Å². The Kier molecular flexibility index (Phi) is 2.88. The Labute approximate surface area is 105 Å². The summed E-state index contributed by atoms with van der Waals surface area (Å²) in [5, 5.41) is 3.36. The van der Waals surface area contributed by atoms with Crippen LogP contribution in [0, 0.1) is 12.7 Å². The molecule has 1 heterocycles. The van der Waals surface area contributed by atoms with Crippen LogP contribution in [0.1, 0.15) is 24.1 Å². The number of nitrogens with zero attached hydrogens (tertiary/aromatic N) is 1. The zero-order valence-corrected chi connectivity index (χ0v) is 10.2. The maximum Gasteiger partial charge on any atom is 0.181 e. The van der Waals surface area contributed by atoms with Gasteiger partial charge in [0.05, 0.1) is 5.56 Å². The first kappa shape index (κ1) is 11.4. The average molecular weight is 246 g/mol. The van der Waals surface area contributed by atoms with E-state index in [9.17, 15) is 4.39 Å².